The number of nitrogens with zero attached hydrogens (tertiary/aromatic N) is 4. The average Bonchev–Trinajstić information content (AvgIpc) is 3.08. The zero-order valence-corrected chi connectivity index (χ0v) is 15.5. The molecule has 1 saturated heterocycles. The van der Waals surface area contributed by atoms with E-state index in [1.165, 1.54) is 21.4 Å². The van der Waals surface area contributed by atoms with Crippen LogP contribution in [0.15, 0.2) is 38.5 Å². The predicted octanol–water partition coefficient (Wildman–Crippen LogP) is 1.31. The number of aromatic nitrogens is 2. The van der Waals surface area contributed by atoms with Gasteiger partial charge in [-0.3, -0.25) is 9.48 Å². The minimum Gasteiger partial charge on any atom is -0.444 e. The number of rotatable bonds is 3. The van der Waals surface area contributed by atoms with Gasteiger partial charge in [-0.25, -0.2) is 8.42 Å². The second-order valence-electron chi connectivity index (χ2n) is 5.50. The first-order valence-electron chi connectivity index (χ1n) is 7.41. The van der Waals surface area contributed by atoms with Crippen LogP contribution in [0.5, 0.6) is 0 Å². The van der Waals surface area contributed by atoms with Crippen LogP contribution in [0.2, 0.25) is 0 Å². The quantitative estimate of drug-likeness (QED) is 0.752. The number of aryl methyl sites for hydroxylation is 1. The molecule has 2 aromatic rings. The molecular weight excluding hydrogens is 400 g/mol. The maximum absolute atomic E-state index is 12.6. The summed E-state index contributed by atoms with van der Waals surface area (Å²) in [5.41, 5.74) is 0. The van der Waals surface area contributed by atoms with E-state index in [9.17, 15) is 13.2 Å². The van der Waals surface area contributed by atoms with E-state index < -0.39 is 10.0 Å². The van der Waals surface area contributed by atoms with Crippen molar-refractivity contribution in [2.45, 2.75) is 11.3 Å². The number of hydrogen-bond donors (Lipinski definition) is 0. The summed E-state index contributed by atoms with van der Waals surface area (Å²) in [6, 6.07) is 3.26. The van der Waals surface area contributed by atoms with E-state index >= 15 is 0 Å². The topological polar surface area (TPSA) is 88.7 Å². The van der Waals surface area contributed by atoms with E-state index in [4.69, 9.17) is 4.42 Å². The van der Waals surface area contributed by atoms with Crippen LogP contribution in [0.3, 0.4) is 0 Å². The van der Waals surface area contributed by atoms with Crippen LogP contribution in [-0.4, -0.2) is 59.5 Å². The Balaban J connectivity index is 1.72. The predicted molar refractivity (Wildman–Crippen MR) is 88.9 cm³/mol. The molecule has 0 unspecified atom stereocenters. The van der Waals surface area contributed by atoms with E-state index in [1.807, 2.05) is 0 Å². The van der Waals surface area contributed by atoms with Gasteiger partial charge in [-0.15, -0.1) is 0 Å². The molecule has 2 aromatic heterocycles. The van der Waals surface area contributed by atoms with Crippen molar-refractivity contribution in [1.29, 1.82) is 0 Å². The number of halogens is 1. The monoisotopic (exact) mass is 416 g/mol. The van der Waals surface area contributed by atoms with Gasteiger partial charge in [0.25, 0.3) is 5.91 Å². The maximum atomic E-state index is 12.6. The fraction of sp³-hybridized carbons (Fsp3) is 0.429. The first-order chi connectivity index (χ1) is 11.4. The molecule has 1 fully saturated rings. The van der Waals surface area contributed by atoms with Crippen molar-refractivity contribution < 1.29 is 17.6 Å². The van der Waals surface area contributed by atoms with Crippen molar-refractivity contribution in [2.24, 2.45) is 7.05 Å². The fourth-order valence-corrected chi connectivity index (χ4v) is 4.37. The molecule has 1 amide bonds. The van der Waals surface area contributed by atoms with Gasteiger partial charge in [0, 0.05) is 39.4 Å². The molecule has 130 valence electrons. The Morgan fingerprint density at radius 3 is 2.67 bits per heavy atom. The summed E-state index contributed by atoms with van der Waals surface area (Å²) < 4.78 is 33.9. The molecule has 0 atom stereocenters. The molecule has 24 heavy (non-hydrogen) atoms. The third-order valence-electron chi connectivity index (χ3n) is 3.85. The summed E-state index contributed by atoms with van der Waals surface area (Å²) in [6.45, 7) is 1.40. The van der Waals surface area contributed by atoms with Gasteiger partial charge in [-0.1, -0.05) is 0 Å². The lowest BCUT2D eigenvalue weighted by atomic mass is 10.3. The van der Waals surface area contributed by atoms with Gasteiger partial charge in [0.15, 0.2) is 10.4 Å². The number of carbonyl (C=O) groups excluding carboxylic acids is 1. The summed E-state index contributed by atoms with van der Waals surface area (Å²) >= 11 is 3.17. The second-order valence-corrected chi connectivity index (χ2v) is 8.22. The highest BCUT2D eigenvalue weighted by Gasteiger charge is 2.30. The van der Waals surface area contributed by atoms with E-state index in [0.29, 0.717) is 30.7 Å². The highest BCUT2D eigenvalue weighted by Crippen LogP contribution is 2.19. The summed E-state index contributed by atoms with van der Waals surface area (Å²) in [5.74, 6) is 0.00627. The lowest BCUT2D eigenvalue weighted by Crippen LogP contribution is -2.37. The summed E-state index contributed by atoms with van der Waals surface area (Å²) in [7, 11) is -1.92. The highest BCUT2D eigenvalue weighted by atomic mass is 79.9. The molecule has 8 nitrogen and oxygen atoms in total. The Bertz CT molecular complexity index is 845. The number of carbonyl (C=O) groups is 1. The Morgan fingerprint density at radius 2 is 2.04 bits per heavy atom. The van der Waals surface area contributed by atoms with Gasteiger partial charge < -0.3 is 9.32 Å². The molecule has 0 saturated carbocycles. The van der Waals surface area contributed by atoms with Crippen LogP contribution in [0.1, 0.15) is 17.0 Å². The standard InChI is InChI=1S/C14H17BrN4O4S/c1-17-10-11(9-16-17)24(21,22)19-6-2-5-18(7-8-19)14(20)12-3-4-13(15)23-12/h3-4,9-10H,2,5-8H2,1H3. The second kappa shape index (κ2) is 6.69. The number of hydrogen-bond acceptors (Lipinski definition) is 5. The molecule has 0 aromatic carbocycles. The molecule has 3 rings (SSSR count). The smallest absolute Gasteiger partial charge is 0.289 e. The van der Waals surface area contributed by atoms with Crippen LogP contribution in [0.25, 0.3) is 0 Å². The zero-order chi connectivity index (χ0) is 17.3. The van der Waals surface area contributed by atoms with Gasteiger partial charge >= 0.3 is 0 Å². The average molecular weight is 417 g/mol. The number of sulfonamides is 1. The molecule has 0 bridgehead atoms. The van der Waals surface area contributed by atoms with Crippen LogP contribution in [-0.2, 0) is 17.1 Å². The Kier molecular flexibility index (Phi) is 4.79. The number of amides is 1. The minimum atomic E-state index is -3.59. The molecule has 1 aliphatic rings. The van der Waals surface area contributed by atoms with E-state index in [-0.39, 0.29) is 23.1 Å². The molecule has 0 N–H and O–H groups in total. The van der Waals surface area contributed by atoms with E-state index in [1.54, 1.807) is 24.1 Å². The third kappa shape index (κ3) is 3.40. The molecule has 0 aliphatic carbocycles. The fourth-order valence-electron chi connectivity index (χ4n) is 2.60. The summed E-state index contributed by atoms with van der Waals surface area (Å²) in [6.07, 6.45) is 3.38. The molecule has 10 heteroatoms. The molecular formula is C14H17BrN4O4S. The first kappa shape index (κ1) is 17.2. The summed E-state index contributed by atoms with van der Waals surface area (Å²) in [4.78, 5) is 14.2. The minimum absolute atomic E-state index is 0.166. The largest absolute Gasteiger partial charge is 0.444 e. The zero-order valence-electron chi connectivity index (χ0n) is 13.1. The first-order valence-corrected chi connectivity index (χ1v) is 9.64. The van der Waals surface area contributed by atoms with Crippen LogP contribution in [0, 0.1) is 0 Å². The third-order valence-corrected chi connectivity index (χ3v) is 6.12. The van der Waals surface area contributed by atoms with Gasteiger partial charge in [0.05, 0.1) is 6.20 Å². The molecule has 0 radical (unpaired) electrons. The van der Waals surface area contributed by atoms with Crippen molar-refractivity contribution in [3.63, 3.8) is 0 Å². The Hall–Kier alpha value is -1.65. The molecule has 1 aliphatic heterocycles. The molecule has 0 spiro atoms. The SMILES string of the molecule is Cn1cc(S(=O)(=O)N2CCCN(C(=O)c3ccc(Br)o3)CC2)cn1. The van der Waals surface area contributed by atoms with Gasteiger partial charge in [-0.05, 0) is 34.5 Å². The van der Waals surface area contributed by atoms with Crippen molar-refractivity contribution in [3.05, 3.63) is 35.0 Å². The van der Waals surface area contributed by atoms with Crippen LogP contribution < -0.4 is 0 Å². The normalized spacial score (nSPS) is 17.0. The lowest BCUT2D eigenvalue weighted by Gasteiger charge is -2.20. The summed E-state index contributed by atoms with van der Waals surface area (Å²) in [5, 5.41) is 3.92. The van der Waals surface area contributed by atoms with Crippen LogP contribution >= 0.6 is 15.9 Å². The van der Waals surface area contributed by atoms with Crippen molar-refractivity contribution in [3.8, 4) is 0 Å². The Morgan fingerprint density at radius 1 is 1.25 bits per heavy atom. The van der Waals surface area contributed by atoms with Gasteiger partial charge in [0.1, 0.15) is 4.90 Å². The molecule has 3 heterocycles. The van der Waals surface area contributed by atoms with E-state index in [2.05, 4.69) is 21.0 Å². The van der Waals surface area contributed by atoms with Crippen molar-refractivity contribution in [1.82, 2.24) is 19.0 Å². The Labute approximate surface area is 148 Å². The van der Waals surface area contributed by atoms with E-state index in [0.717, 1.165) is 0 Å². The number of furan rings is 1. The van der Waals surface area contributed by atoms with Gasteiger partial charge in [-0.2, -0.15) is 9.40 Å². The van der Waals surface area contributed by atoms with Crippen molar-refractivity contribution in [2.75, 3.05) is 26.2 Å². The highest BCUT2D eigenvalue weighted by molar-refractivity contribution is 9.10. The van der Waals surface area contributed by atoms with Crippen LogP contribution in [0.4, 0.5) is 0 Å². The maximum Gasteiger partial charge on any atom is 0.289 e. The lowest BCUT2D eigenvalue weighted by molar-refractivity contribution is 0.0731. The van der Waals surface area contributed by atoms with Gasteiger partial charge in [0.2, 0.25) is 10.0 Å². The van der Waals surface area contributed by atoms with Crippen molar-refractivity contribution >= 4 is 31.9 Å².